The summed E-state index contributed by atoms with van der Waals surface area (Å²) in [6.07, 6.45) is 0.838. The van der Waals surface area contributed by atoms with E-state index in [9.17, 15) is 0 Å². The van der Waals surface area contributed by atoms with Crippen molar-refractivity contribution in [2.75, 3.05) is 0 Å². The predicted molar refractivity (Wildman–Crippen MR) is 49.4 cm³/mol. The summed E-state index contributed by atoms with van der Waals surface area (Å²) in [5, 5.41) is 0. The number of rotatable bonds is 1. The van der Waals surface area contributed by atoms with Gasteiger partial charge in [0.05, 0.1) is 0 Å². The summed E-state index contributed by atoms with van der Waals surface area (Å²) in [6.45, 7) is 8.70. The van der Waals surface area contributed by atoms with Gasteiger partial charge in [0.25, 0.3) is 0 Å². The molecule has 0 saturated carbocycles. The Morgan fingerprint density at radius 1 is 1.40 bits per heavy atom. The van der Waals surface area contributed by atoms with E-state index in [1.54, 1.807) is 0 Å². The highest BCUT2D eigenvalue weighted by atomic mass is 28.3. The van der Waals surface area contributed by atoms with Gasteiger partial charge in [0.15, 0.2) is 0 Å². The van der Waals surface area contributed by atoms with Crippen molar-refractivity contribution in [3.63, 3.8) is 0 Å². The Bertz CT molecular complexity index is 145. The largest absolute Gasteiger partial charge is 0.327 e. The standard InChI is InChI=1S/C8H17NSi/c1-8(9)6-5-7-10(2,3)4/h8H,6,9H2,1-4H3/t8-/m1/s1. The molecule has 0 saturated heterocycles. The van der Waals surface area contributed by atoms with E-state index in [1.807, 2.05) is 6.92 Å². The van der Waals surface area contributed by atoms with Gasteiger partial charge in [-0.15, -0.1) is 11.5 Å². The first-order valence-corrected chi connectivity index (χ1v) is 7.17. The second-order valence-corrected chi connectivity index (χ2v) is 8.48. The zero-order chi connectivity index (χ0) is 8.20. The van der Waals surface area contributed by atoms with Crippen LogP contribution >= 0.6 is 0 Å². The first-order valence-electron chi connectivity index (χ1n) is 3.67. The van der Waals surface area contributed by atoms with Crippen LogP contribution in [0.25, 0.3) is 0 Å². The molecule has 0 rings (SSSR count). The molecule has 1 nitrogen and oxygen atoms in total. The summed E-state index contributed by atoms with van der Waals surface area (Å²) in [4.78, 5) is 0. The van der Waals surface area contributed by atoms with Crippen LogP contribution in [0.3, 0.4) is 0 Å². The Labute approximate surface area is 65.0 Å². The molecule has 0 fully saturated rings. The molecule has 0 aliphatic heterocycles. The van der Waals surface area contributed by atoms with Crippen molar-refractivity contribution in [3.05, 3.63) is 0 Å². The van der Waals surface area contributed by atoms with E-state index in [-0.39, 0.29) is 6.04 Å². The fourth-order valence-electron chi connectivity index (χ4n) is 0.477. The first kappa shape index (κ1) is 9.74. The van der Waals surface area contributed by atoms with Gasteiger partial charge in [0.1, 0.15) is 8.07 Å². The highest BCUT2D eigenvalue weighted by Gasteiger charge is 2.06. The van der Waals surface area contributed by atoms with E-state index in [0.29, 0.717) is 0 Å². The maximum Gasteiger partial charge on any atom is 0.129 e. The predicted octanol–water partition coefficient (Wildman–Crippen LogP) is 1.60. The Morgan fingerprint density at radius 3 is 2.20 bits per heavy atom. The van der Waals surface area contributed by atoms with E-state index >= 15 is 0 Å². The molecule has 0 amide bonds. The molecular weight excluding hydrogens is 138 g/mol. The summed E-state index contributed by atoms with van der Waals surface area (Å²) in [5.41, 5.74) is 8.80. The minimum atomic E-state index is -1.14. The topological polar surface area (TPSA) is 26.0 Å². The van der Waals surface area contributed by atoms with Crippen molar-refractivity contribution >= 4 is 8.07 Å². The molecule has 0 aromatic carbocycles. The zero-order valence-electron chi connectivity index (χ0n) is 7.36. The Morgan fingerprint density at radius 2 is 1.90 bits per heavy atom. The molecule has 0 aromatic rings. The maximum absolute atomic E-state index is 5.53. The average molecular weight is 155 g/mol. The lowest BCUT2D eigenvalue weighted by atomic mass is 10.3. The van der Waals surface area contributed by atoms with Gasteiger partial charge < -0.3 is 5.73 Å². The second kappa shape index (κ2) is 3.80. The van der Waals surface area contributed by atoms with Gasteiger partial charge in [-0.3, -0.25) is 0 Å². The van der Waals surface area contributed by atoms with Gasteiger partial charge in [-0.25, -0.2) is 0 Å². The molecule has 0 bridgehead atoms. The Kier molecular flexibility index (Phi) is 3.70. The normalized spacial score (nSPS) is 13.7. The van der Waals surface area contributed by atoms with Crippen LogP contribution in [-0.2, 0) is 0 Å². The molecule has 2 N–H and O–H groups in total. The van der Waals surface area contributed by atoms with Gasteiger partial charge in [-0.05, 0) is 6.92 Å². The van der Waals surface area contributed by atoms with E-state index < -0.39 is 8.07 Å². The minimum Gasteiger partial charge on any atom is -0.327 e. The average Bonchev–Trinajstić information content (AvgIpc) is 1.59. The molecule has 0 aliphatic rings. The Balaban J connectivity index is 3.71. The molecule has 10 heavy (non-hydrogen) atoms. The third-order valence-electron chi connectivity index (χ3n) is 0.887. The van der Waals surface area contributed by atoms with Gasteiger partial charge >= 0.3 is 0 Å². The summed E-state index contributed by atoms with van der Waals surface area (Å²) in [7, 11) is -1.14. The molecule has 0 aliphatic carbocycles. The second-order valence-electron chi connectivity index (χ2n) is 3.73. The third kappa shape index (κ3) is 7.74. The monoisotopic (exact) mass is 155 g/mol. The van der Waals surface area contributed by atoms with Crippen molar-refractivity contribution in [1.82, 2.24) is 0 Å². The van der Waals surface area contributed by atoms with Crippen LogP contribution in [0.1, 0.15) is 13.3 Å². The molecule has 0 spiro atoms. The number of hydrogen-bond acceptors (Lipinski definition) is 1. The summed E-state index contributed by atoms with van der Waals surface area (Å²) >= 11 is 0. The van der Waals surface area contributed by atoms with E-state index in [4.69, 9.17) is 5.73 Å². The van der Waals surface area contributed by atoms with Crippen LogP contribution in [-0.4, -0.2) is 14.1 Å². The van der Waals surface area contributed by atoms with Crippen molar-refractivity contribution in [3.8, 4) is 11.5 Å². The molecule has 0 radical (unpaired) electrons. The summed E-state index contributed by atoms with van der Waals surface area (Å²) in [5.74, 6) is 3.11. The SMILES string of the molecule is C[C@@H](N)CC#C[Si](C)(C)C. The summed E-state index contributed by atoms with van der Waals surface area (Å²) < 4.78 is 0. The lowest BCUT2D eigenvalue weighted by molar-refractivity contribution is 0.771. The Hall–Kier alpha value is -0.263. The van der Waals surface area contributed by atoms with Gasteiger partial charge in [0.2, 0.25) is 0 Å². The van der Waals surface area contributed by atoms with Gasteiger partial charge in [0, 0.05) is 12.5 Å². The lowest BCUT2D eigenvalue weighted by Gasteiger charge is -2.03. The highest BCUT2D eigenvalue weighted by Crippen LogP contribution is 1.96. The van der Waals surface area contributed by atoms with Crippen molar-refractivity contribution in [2.24, 2.45) is 5.73 Å². The van der Waals surface area contributed by atoms with Crippen LogP contribution in [0.2, 0.25) is 19.6 Å². The number of hydrogen-bond donors (Lipinski definition) is 1. The van der Waals surface area contributed by atoms with E-state index in [0.717, 1.165) is 6.42 Å². The van der Waals surface area contributed by atoms with Crippen molar-refractivity contribution in [2.45, 2.75) is 39.0 Å². The quantitative estimate of drug-likeness (QED) is 0.452. The third-order valence-corrected chi connectivity index (χ3v) is 1.81. The fourth-order valence-corrected chi connectivity index (χ4v) is 1.11. The molecule has 58 valence electrons. The molecule has 1 atom stereocenters. The molecule has 0 heterocycles. The van der Waals surface area contributed by atoms with Crippen LogP contribution < -0.4 is 5.73 Å². The zero-order valence-corrected chi connectivity index (χ0v) is 8.36. The summed E-state index contributed by atoms with van der Waals surface area (Å²) in [6, 6.07) is 0.226. The fraction of sp³-hybridized carbons (Fsp3) is 0.750. The van der Waals surface area contributed by atoms with Crippen molar-refractivity contribution in [1.29, 1.82) is 0 Å². The molecule has 0 aromatic heterocycles. The van der Waals surface area contributed by atoms with Gasteiger partial charge in [-0.2, -0.15) is 0 Å². The maximum atomic E-state index is 5.53. The van der Waals surface area contributed by atoms with Crippen LogP contribution in [0.4, 0.5) is 0 Å². The highest BCUT2D eigenvalue weighted by molar-refractivity contribution is 6.83. The minimum absolute atomic E-state index is 0.226. The molecular formula is C8H17NSi. The van der Waals surface area contributed by atoms with Crippen molar-refractivity contribution < 1.29 is 0 Å². The molecule has 2 heteroatoms. The lowest BCUT2D eigenvalue weighted by Crippen LogP contribution is -2.18. The van der Waals surface area contributed by atoms with Crippen LogP contribution in [0, 0.1) is 11.5 Å². The van der Waals surface area contributed by atoms with E-state index in [1.165, 1.54) is 0 Å². The van der Waals surface area contributed by atoms with Crippen LogP contribution in [0.15, 0.2) is 0 Å². The molecule has 0 unspecified atom stereocenters. The van der Waals surface area contributed by atoms with E-state index in [2.05, 4.69) is 31.1 Å². The van der Waals surface area contributed by atoms with Crippen LogP contribution in [0.5, 0.6) is 0 Å². The van der Waals surface area contributed by atoms with Gasteiger partial charge in [-0.1, -0.05) is 19.6 Å². The first-order chi connectivity index (χ1) is 4.42. The smallest absolute Gasteiger partial charge is 0.129 e. The number of nitrogens with two attached hydrogens (primary N) is 1.